The average molecular weight is 269 g/mol. The van der Waals surface area contributed by atoms with E-state index in [-0.39, 0.29) is 0 Å². The summed E-state index contributed by atoms with van der Waals surface area (Å²) in [5.41, 5.74) is 2.79. The molecule has 1 aromatic heterocycles. The lowest BCUT2D eigenvalue weighted by molar-refractivity contribution is -0.0385. The Balaban J connectivity index is 1.94. The van der Waals surface area contributed by atoms with Crippen molar-refractivity contribution in [2.45, 2.75) is 44.8 Å². The van der Waals surface area contributed by atoms with Gasteiger partial charge in [-0.1, -0.05) is 6.07 Å². The monoisotopic (exact) mass is 269 g/mol. The van der Waals surface area contributed by atoms with E-state index in [1.807, 2.05) is 18.2 Å². The molecule has 0 radical (unpaired) electrons. The number of hydrogen-bond donors (Lipinski definition) is 0. The molecule has 0 spiro atoms. The van der Waals surface area contributed by atoms with Gasteiger partial charge in [-0.15, -0.1) is 0 Å². The summed E-state index contributed by atoms with van der Waals surface area (Å²) in [5, 5.41) is 1.02. The molecule has 1 unspecified atom stereocenters. The maximum absolute atomic E-state index is 10.8. The van der Waals surface area contributed by atoms with Crippen LogP contribution in [0, 0.1) is 0 Å². The molecule has 20 heavy (non-hydrogen) atoms. The van der Waals surface area contributed by atoms with Gasteiger partial charge in [0.2, 0.25) is 0 Å². The second kappa shape index (κ2) is 5.33. The minimum absolute atomic E-state index is 0.290. The van der Waals surface area contributed by atoms with Crippen molar-refractivity contribution in [1.82, 2.24) is 4.98 Å². The van der Waals surface area contributed by atoms with Gasteiger partial charge in [0, 0.05) is 22.6 Å². The maximum Gasteiger partial charge on any atom is 0.150 e. The largest absolute Gasteiger partial charge is 0.376 e. The highest BCUT2D eigenvalue weighted by atomic mass is 16.5. The first kappa shape index (κ1) is 13.3. The summed E-state index contributed by atoms with van der Waals surface area (Å²) in [6.07, 6.45) is 3.50. The molecule has 3 rings (SSSR count). The Morgan fingerprint density at radius 3 is 2.60 bits per heavy atom. The lowest BCUT2D eigenvalue weighted by atomic mass is 9.89. The number of nitrogens with zero attached hydrogens (tertiary/aromatic N) is 1. The Morgan fingerprint density at radius 1 is 1.15 bits per heavy atom. The van der Waals surface area contributed by atoms with Crippen LogP contribution in [0.15, 0.2) is 30.3 Å². The highest BCUT2D eigenvalue weighted by molar-refractivity contribution is 5.86. The molecule has 0 N–H and O–H groups in total. The van der Waals surface area contributed by atoms with E-state index in [2.05, 4.69) is 26.0 Å². The molecule has 1 fully saturated rings. The van der Waals surface area contributed by atoms with Crippen LogP contribution >= 0.6 is 0 Å². The molecule has 0 bridgehead atoms. The van der Waals surface area contributed by atoms with Gasteiger partial charge in [-0.25, -0.2) is 0 Å². The molecule has 0 aliphatic carbocycles. The number of rotatable bonds is 2. The normalized spacial score (nSPS) is 26.6. The molecule has 1 saturated heterocycles. The lowest BCUT2D eigenvalue weighted by Crippen LogP contribution is -2.28. The predicted octanol–water partition coefficient (Wildman–Crippen LogP) is 3.72. The standard InChI is InChI=1S/C17H19NO2/c1-11-7-15(8-12(2)20-11)17-6-4-14-9-13(10-19)3-5-16(14)18-17/h3-6,9-12,15H,7-8H2,1-2H3/t11-,12+,15?. The van der Waals surface area contributed by atoms with Crippen molar-refractivity contribution in [3.05, 3.63) is 41.6 Å². The van der Waals surface area contributed by atoms with Gasteiger partial charge < -0.3 is 4.74 Å². The Kier molecular flexibility index (Phi) is 3.53. The smallest absolute Gasteiger partial charge is 0.150 e. The summed E-state index contributed by atoms with van der Waals surface area (Å²) < 4.78 is 5.79. The summed E-state index contributed by atoms with van der Waals surface area (Å²) in [7, 11) is 0. The third-order valence-corrected chi connectivity index (χ3v) is 3.99. The molecule has 104 valence electrons. The van der Waals surface area contributed by atoms with Gasteiger partial charge in [-0.3, -0.25) is 9.78 Å². The van der Waals surface area contributed by atoms with Crippen molar-refractivity contribution < 1.29 is 9.53 Å². The molecule has 2 aromatic rings. The van der Waals surface area contributed by atoms with Gasteiger partial charge in [-0.2, -0.15) is 0 Å². The predicted molar refractivity (Wildman–Crippen MR) is 79.1 cm³/mol. The van der Waals surface area contributed by atoms with Gasteiger partial charge in [-0.05, 0) is 51.0 Å². The molecule has 1 aliphatic heterocycles. The van der Waals surface area contributed by atoms with Crippen LogP contribution in [0.1, 0.15) is 48.7 Å². The van der Waals surface area contributed by atoms with E-state index in [1.165, 1.54) is 0 Å². The van der Waals surface area contributed by atoms with Crippen LogP contribution in [0.3, 0.4) is 0 Å². The molecule has 0 saturated carbocycles. The van der Waals surface area contributed by atoms with Crippen molar-refractivity contribution >= 4 is 17.2 Å². The zero-order valence-electron chi connectivity index (χ0n) is 11.9. The maximum atomic E-state index is 10.8. The van der Waals surface area contributed by atoms with Crippen molar-refractivity contribution in [2.24, 2.45) is 0 Å². The van der Waals surface area contributed by atoms with E-state index in [9.17, 15) is 4.79 Å². The molecule has 1 aromatic carbocycles. The number of carbonyl (C=O) groups excluding carboxylic acids is 1. The number of aldehydes is 1. The molecule has 1 aliphatic rings. The van der Waals surface area contributed by atoms with E-state index in [1.54, 1.807) is 0 Å². The van der Waals surface area contributed by atoms with Crippen LogP contribution < -0.4 is 0 Å². The summed E-state index contributed by atoms with van der Waals surface area (Å²) in [4.78, 5) is 15.6. The van der Waals surface area contributed by atoms with Crippen LogP contribution in [-0.2, 0) is 4.74 Å². The third-order valence-electron chi connectivity index (χ3n) is 3.99. The molecule has 3 nitrogen and oxygen atoms in total. The van der Waals surface area contributed by atoms with E-state index in [0.29, 0.717) is 23.7 Å². The van der Waals surface area contributed by atoms with E-state index in [0.717, 1.165) is 35.7 Å². The fourth-order valence-corrected chi connectivity index (χ4v) is 3.11. The number of pyridine rings is 1. The van der Waals surface area contributed by atoms with Gasteiger partial charge in [0.15, 0.2) is 0 Å². The fourth-order valence-electron chi connectivity index (χ4n) is 3.11. The van der Waals surface area contributed by atoms with E-state index in [4.69, 9.17) is 9.72 Å². The Bertz CT molecular complexity index is 628. The quantitative estimate of drug-likeness (QED) is 0.780. The average Bonchev–Trinajstić information content (AvgIpc) is 2.45. The van der Waals surface area contributed by atoms with Gasteiger partial charge >= 0.3 is 0 Å². The van der Waals surface area contributed by atoms with Crippen LogP contribution in [0.5, 0.6) is 0 Å². The van der Waals surface area contributed by atoms with E-state index >= 15 is 0 Å². The fraction of sp³-hybridized carbons (Fsp3) is 0.412. The Morgan fingerprint density at radius 2 is 1.90 bits per heavy atom. The Hall–Kier alpha value is -1.74. The van der Waals surface area contributed by atoms with Crippen molar-refractivity contribution in [2.75, 3.05) is 0 Å². The SMILES string of the molecule is C[C@@H]1CC(c2ccc3cc(C=O)ccc3n2)C[C@H](C)O1. The van der Waals surface area contributed by atoms with Crippen LogP contribution in [0.2, 0.25) is 0 Å². The van der Waals surface area contributed by atoms with E-state index < -0.39 is 0 Å². The highest BCUT2D eigenvalue weighted by Crippen LogP contribution is 2.32. The summed E-state index contributed by atoms with van der Waals surface area (Å²) >= 11 is 0. The third kappa shape index (κ3) is 2.59. The lowest BCUT2D eigenvalue weighted by Gasteiger charge is -2.31. The summed E-state index contributed by atoms with van der Waals surface area (Å²) in [6, 6.07) is 9.78. The highest BCUT2D eigenvalue weighted by Gasteiger charge is 2.26. The molecule has 0 amide bonds. The van der Waals surface area contributed by atoms with Gasteiger partial charge in [0.05, 0.1) is 17.7 Å². The second-order valence-electron chi connectivity index (χ2n) is 5.73. The topological polar surface area (TPSA) is 39.2 Å². The molecule has 2 heterocycles. The van der Waals surface area contributed by atoms with Crippen LogP contribution in [0.4, 0.5) is 0 Å². The summed E-state index contributed by atoms with van der Waals surface area (Å²) in [6.45, 7) is 4.25. The minimum atomic E-state index is 0.290. The zero-order valence-corrected chi connectivity index (χ0v) is 11.9. The first-order chi connectivity index (χ1) is 9.65. The number of carbonyl (C=O) groups is 1. The number of aromatic nitrogens is 1. The number of hydrogen-bond acceptors (Lipinski definition) is 3. The van der Waals surface area contributed by atoms with Crippen LogP contribution in [0.25, 0.3) is 10.9 Å². The molecular formula is C17H19NO2. The summed E-state index contributed by atoms with van der Waals surface area (Å²) in [5.74, 6) is 0.462. The molecular weight excluding hydrogens is 250 g/mol. The Labute approximate surface area is 119 Å². The van der Waals surface area contributed by atoms with Crippen LogP contribution in [-0.4, -0.2) is 23.5 Å². The molecule has 3 heteroatoms. The first-order valence-electron chi connectivity index (χ1n) is 7.17. The first-order valence-corrected chi connectivity index (χ1v) is 7.17. The van der Waals surface area contributed by atoms with Crippen molar-refractivity contribution in [1.29, 1.82) is 0 Å². The van der Waals surface area contributed by atoms with Crippen molar-refractivity contribution in [3.8, 4) is 0 Å². The number of fused-ring (bicyclic) bond motifs is 1. The second-order valence-corrected chi connectivity index (χ2v) is 5.73. The number of ether oxygens (including phenoxy) is 1. The van der Waals surface area contributed by atoms with Crippen molar-refractivity contribution in [3.63, 3.8) is 0 Å². The minimum Gasteiger partial charge on any atom is -0.376 e. The number of benzene rings is 1. The van der Waals surface area contributed by atoms with Gasteiger partial charge in [0.25, 0.3) is 0 Å². The zero-order chi connectivity index (χ0) is 14.1. The molecule has 3 atom stereocenters. The van der Waals surface area contributed by atoms with Gasteiger partial charge in [0.1, 0.15) is 6.29 Å².